The largest absolute Gasteiger partial charge is 0.326 e. The molecule has 1 heterocycles. The van der Waals surface area contributed by atoms with Crippen molar-refractivity contribution in [1.29, 1.82) is 0 Å². The molecule has 0 radical (unpaired) electrons. The third kappa shape index (κ3) is 4.78. The number of Topliss-reactive ketones (excluding diaryl/α,β-unsaturated/α-hetero) is 1. The molecule has 0 spiro atoms. The predicted molar refractivity (Wildman–Crippen MR) is 103 cm³/mol. The molecular formula is C18H22N2O4S2. The van der Waals surface area contributed by atoms with Crippen molar-refractivity contribution in [3.8, 4) is 0 Å². The molecule has 0 aliphatic heterocycles. The van der Waals surface area contributed by atoms with Gasteiger partial charge in [0.1, 0.15) is 0 Å². The highest BCUT2D eigenvalue weighted by atomic mass is 32.2. The van der Waals surface area contributed by atoms with Gasteiger partial charge in [-0.15, -0.1) is 11.3 Å². The summed E-state index contributed by atoms with van der Waals surface area (Å²) < 4.78 is 26.3. The molecule has 140 valence electrons. The highest BCUT2D eigenvalue weighted by molar-refractivity contribution is 7.89. The van der Waals surface area contributed by atoms with Gasteiger partial charge >= 0.3 is 0 Å². The Morgan fingerprint density at radius 3 is 2.35 bits per heavy atom. The van der Waals surface area contributed by atoms with Crippen LogP contribution in [0.4, 0.5) is 5.69 Å². The molecule has 0 atom stereocenters. The third-order valence-electron chi connectivity index (χ3n) is 3.95. The zero-order valence-electron chi connectivity index (χ0n) is 15.2. The monoisotopic (exact) mass is 394 g/mol. The van der Waals surface area contributed by atoms with Crippen molar-refractivity contribution in [3.05, 3.63) is 45.1 Å². The first-order valence-electron chi connectivity index (χ1n) is 8.08. The van der Waals surface area contributed by atoms with Crippen LogP contribution in [0.2, 0.25) is 0 Å². The van der Waals surface area contributed by atoms with Crippen LogP contribution >= 0.6 is 11.3 Å². The van der Waals surface area contributed by atoms with Crippen molar-refractivity contribution < 1.29 is 18.0 Å². The van der Waals surface area contributed by atoms with Crippen LogP contribution in [0.15, 0.2) is 29.2 Å². The number of sulfonamides is 1. The van der Waals surface area contributed by atoms with Crippen LogP contribution in [0.5, 0.6) is 0 Å². The maximum atomic E-state index is 12.2. The van der Waals surface area contributed by atoms with Crippen LogP contribution in [0.25, 0.3) is 0 Å². The van der Waals surface area contributed by atoms with Gasteiger partial charge in [0.2, 0.25) is 15.9 Å². The molecule has 0 saturated heterocycles. The fourth-order valence-electron chi connectivity index (χ4n) is 2.57. The number of ketones is 1. The number of rotatable bonds is 7. The van der Waals surface area contributed by atoms with Crippen LogP contribution < -0.4 is 10.0 Å². The smallest absolute Gasteiger partial charge is 0.240 e. The maximum Gasteiger partial charge on any atom is 0.240 e. The van der Waals surface area contributed by atoms with Crippen molar-refractivity contribution in [2.24, 2.45) is 0 Å². The van der Waals surface area contributed by atoms with Crippen molar-refractivity contribution in [3.63, 3.8) is 0 Å². The summed E-state index contributed by atoms with van der Waals surface area (Å²) >= 11 is 1.56. The number of nitrogens with one attached hydrogen (secondary N) is 2. The molecule has 1 aromatic heterocycles. The Morgan fingerprint density at radius 1 is 1.08 bits per heavy atom. The average molecular weight is 395 g/mol. The molecule has 8 heteroatoms. The van der Waals surface area contributed by atoms with Gasteiger partial charge in [-0.2, -0.15) is 0 Å². The van der Waals surface area contributed by atoms with E-state index in [9.17, 15) is 18.0 Å². The van der Waals surface area contributed by atoms with E-state index in [2.05, 4.69) is 10.0 Å². The lowest BCUT2D eigenvalue weighted by molar-refractivity contribution is -0.116. The lowest BCUT2D eigenvalue weighted by atomic mass is 10.1. The summed E-state index contributed by atoms with van der Waals surface area (Å²) in [5, 5.41) is 2.65. The normalized spacial score (nSPS) is 11.4. The number of benzene rings is 1. The molecular weight excluding hydrogens is 372 g/mol. The Hall–Kier alpha value is -2.03. The number of hydrogen-bond donors (Lipinski definition) is 2. The Labute approximate surface area is 157 Å². The summed E-state index contributed by atoms with van der Waals surface area (Å²) in [5.74, 6) is -0.399. The van der Waals surface area contributed by atoms with Gasteiger partial charge in [-0.25, -0.2) is 13.1 Å². The van der Waals surface area contributed by atoms with E-state index in [1.54, 1.807) is 30.4 Å². The molecule has 2 aromatic rings. The van der Waals surface area contributed by atoms with E-state index >= 15 is 0 Å². The summed E-state index contributed by atoms with van der Waals surface area (Å²) in [7, 11) is -2.27. The lowest BCUT2D eigenvalue weighted by Crippen LogP contribution is -2.20. The highest BCUT2D eigenvalue weighted by Gasteiger charge is 2.17. The van der Waals surface area contributed by atoms with Gasteiger partial charge in [-0.1, -0.05) is 6.07 Å². The minimum absolute atomic E-state index is 0.0369. The third-order valence-corrected chi connectivity index (χ3v) is 6.47. The predicted octanol–water partition coefficient (Wildman–Crippen LogP) is 3.18. The quantitative estimate of drug-likeness (QED) is 0.706. The first-order chi connectivity index (χ1) is 12.1. The molecule has 0 saturated carbocycles. The molecule has 0 bridgehead atoms. The molecule has 6 nitrogen and oxygen atoms in total. The molecule has 1 aromatic carbocycles. The maximum absolute atomic E-state index is 12.2. The van der Waals surface area contributed by atoms with Crippen LogP contribution in [0.3, 0.4) is 0 Å². The van der Waals surface area contributed by atoms with Crippen molar-refractivity contribution in [2.45, 2.75) is 38.5 Å². The summed E-state index contributed by atoms with van der Waals surface area (Å²) in [6.07, 6.45) is 0.144. The number of hydrogen-bond acceptors (Lipinski definition) is 5. The fraction of sp³-hybridized carbons (Fsp3) is 0.333. The Balaban J connectivity index is 2.03. The van der Waals surface area contributed by atoms with Gasteiger partial charge in [-0.3, -0.25) is 9.59 Å². The van der Waals surface area contributed by atoms with Crippen LogP contribution in [0.1, 0.15) is 38.5 Å². The van der Waals surface area contributed by atoms with Crippen LogP contribution in [0, 0.1) is 20.8 Å². The Kier molecular flexibility index (Phi) is 6.33. The summed E-state index contributed by atoms with van der Waals surface area (Å²) in [6.45, 7) is 5.51. The molecule has 0 aliphatic carbocycles. The number of carbonyl (C=O) groups excluding carboxylic acids is 2. The molecule has 0 unspecified atom stereocenters. The van der Waals surface area contributed by atoms with Gasteiger partial charge in [0, 0.05) is 33.8 Å². The first kappa shape index (κ1) is 20.3. The summed E-state index contributed by atoms with van der Waals surface area (Å²) in [6, 6.07) is 6.51. The number of amides is 1. The van der Waals surface area contributed by atoms with Gasteiger partial charge in [-0.05, 0) is 51.6 Å². The van der Waals surface area contributed by atoms with Crippen LogP contribution in [-0.2, 0) is 14.8 Å². The average Bonchev–Trinajstić information content (AvgIpc) is 2.92. The number of aryl methyl sites for hydroxylation is 3. The number of carbonyl (C=O) groups is 2. The molecule has 26 heavy (non-hydrogen) atoms. The standard InChI is InChI=1S/C18H22N2O4S2/c1-11-5-6-14(10-17(11)26(23,24)19-4)20-18(22)8-7-16(21)15-9-12(2)25-13(15)3/h5-6,9-10,19H,7-8H2,1-4H3,(H,20,22). The van der Waals surface area contributed by atoms with E-state index < -0.39 is 10.0 Å². The van der Waals surface area contributed by atoms with Crippen LogP contribution in [-0.4, -0.2) is 27.2 Å². The summed E-state index contributed by atoms with van der Waals surface area (Å²) in [4.78, 5) is 26.5. The zero-order valence-corrected chi connectivity index (χ0v) is 16.8. The van der Waals surface area contributed by atoms with Gasteiger partial charge in [0.25, 0.3) is 0 Å². The number of thiophene rings is 1. The Morgan fingerprint density at radius 2 is 1.77 bits per heavy atom. The molecule has 2 rings (SSSR count). The second kappa shape index (κ2) is 8.11. The second-order valence-electron chi connectivity index (χ2n) is 5.99. The van der Waals surface area contributed by atoms with Crippen molar-refractivity contribution >= 4 is 38.7 Å². The molecule has 2 N–H and O–H groups in total. The van der Waals surface area contributed by atoms with E-state index in [1.807, 2.05) is 19.9 Å². The first-order valence-corrected chi connectivity index (χ1v) is 10.4. The lowest BCUT2D eigenvalue weighted by Gasteiger charge is -2.10. The van der Waals surface area contributed by atoms with E-state index in [1.165, 1.54) is 13.1 Å². The zero-order chi connectivity index (χ0) is 19.5. The van der Waals surface area contributed by atoms with E-state index in [0.29, 0.717) is 16.8 Å². The van der Waals surface area contributed by atoms with Crippen molar-refractivity contribution in [1.82, 2.24) is 4.72 Å². The number of anilines is 1. The SMILES string of the molecule is CNS(=O)(=O)c1cc(NC(=O)CCC(=O)c2cc(C)sc2C)ccc1C. The molecule has 0 fully saturated rings. The second-order valence-corrected chi connectivity index (χ2v) is 9.30. The van der Waals surface area contributed by atoms with E-state index in [4.69, 9.17) is 0 Å². The minimum Gasteiger partial charge on any atom is -0.326 e. The topological polar surface area (TPSA) is 92.3 Å². The fourth-order valence-corrected chi connectivity index (χ4v) is 4.51. The summed E-state index contributed by atoms with van der Waals surface area (Å²) in [5.41, 5.74) is 1.62. The van der Waals surface area contributed by atoms with Crippen molar-refractivity contribution in [2.75, 3.05) is 12.4 Å². The van der Waals surface area contributed by atoms with E-state index in [-0.39, 0.29) is 29.4 Å². The van der Waals surface area contributed by atoms with Gasteiger partial charge < -0.3 is 5.32 Å². The molecule has 1 amide bonds. The minimum atomic E-state index is -3.61. The highest BCUT2D eigenvalue weighted by Crippen LogP contribution is 2.23. The van der Waals surface area contributed by atoms with Gasteiger partial charge in [0.05, 0.1) is 4.90 Å². The van der Waals surface area contributed by atoms with E-state index in [0.717, 1.165) is 9.75 Å². The van der Waals surface area contributed by atoms with Gasteiger partial charge in [0.15, 0.2) is 5.78 Å². The Bertz CT molecular complexity index is 946. The molecule has 0 aliphatic rings.